The van der Waals surface area contributed by atoms with E-state index in [0.29, 0.717) is 12.3 Å². The fourth-order valence-corrected chi connectivity index (χ4v) is 2.61. The number of imidazole rings is 1. The largest absolute Gasteiger partial charge is 0.496 e. The van der Waals surface area contributed by atoms with Gasteiger partial charge in [0.1, 0.15) is 5.75 Å². The summed E-state index contributed by atoms with van der Waals surface area (Å²) in [5, 5.41) is 0. The molecule has 5 heteroatoms. The quantitative estimate of drug-likeness (QED) is 0.801. The minimum atomic E-state index is 0.409. The Morgan fingerprint density at radius 3 is 2.76 bits per heavy atom. The van der Waals surface area contributed by atoms with Crippen molar-refractivity contribution in [1.82, 2.24) is 14.4 Å². The van der Waals surface area contributed by atoms with Crippen molar-refractivity contribution in [3.05, 3.63) is 47.4 Å². The monoisotopic (exact) mass is 282 g/mol. The third-order valence-corrected chi connectivity index (χ3v) is 3.69. The average Bonchev–Trinajstić information content (AvgIpc) is 2.87. The lowest BCUT2D eigenvalue weighted by Crippen LogP contribution is -2.03. The van der Waals surface area contributed by atoms with Crippen LogP contribution in [0.5, 0.6) is 5.75 Å². The highest BCUT2D eigenvalue weighted by Crippen LogP contribution is 2.31. The van der Waals surface area contributed by atoms with E-state index in [1.54, 1.807) is 13.3 Å². The van der Waals surface area contributed by atoms with Crippen molar-refractivity contribution in [2.24, 2.45) is 5.73 Å². The van der Waals surface area contributed by atoms with Gasteiger partial charge in [-0.15, -0.1) is 0 Å². The van der Waals surface area contributed by atoms with E-state index in [0.717, 1.165) is 33.8 Å². The Morgan fingerprint density at radius 1 is 1.24 bits per heavy atom. The maximum absolute atomic E-state index is 5.93. The van der Waals surface area contributed by atoms with Gasteiger partial charge in [0.15, 0.2) is 0 Å². The third-order valence-electron chi connectivity index (χ3n) is 3.69. The summed E-state index contributed by atoms with van der Waals surface area (Å²) in [7, 11) is 1.68. The number of fused-ring (bicyclic) bond motifs is 1. The van der Waals surface area contributed by atoms with Gasteiger partial charge in [-0.3, -0.25) is 4.40 Å². The van der Waals surface area contributed by atoms with Gasteiger partial charge in [0, 0.05) is 24.5 Å². The van der Waals surface area contributed by atoms with Crippen LogP contribution < -0.4 is 10.5 Å². The van der Waals surface area contributed by atoms with Crippen molar-refractivity contribution in [2.75, 3.05) is 7.11 Å². The smallest absolute Gasteiger partial charge is 0.234 e. The highest BCUT2D eigenvalue weighted by Gasteiger charge is 2.16. The Bertz CT molecular complexity index is 807. The first-order valence-electron chi connectivity index (χ1n) is 6.83. The number of rotatable bonds is 3. The number of nitrogens with two attached hydrogens (primary N) is 1. The summed E-state index contributed by atoms with van der Waals surface area (Å²) in [6.45, 7) is 4.49. The zero-order chi connectivity index (χ0) is 15.0. The van der Waals surface area contributed by atoms with Gasteiger partial charge < -0.3 is 10.5 Å². The van der Waals surface area contributed by atoms with Gasteiger partial charge in [-0.1, -0.05) is 0 Å². The zero-order valence-corrected chi connectivity index (χ0v) is 12.4. The predicted octanol–water partition coefficient (Wildman–Crippen LogP) is 2.48. The Morgan fingerprint density at radius 2 is 2.05 bits per heavy atom. The second-order valence-corrected chi connectivity index (χ2v) is 5.04. The van der Waals surface area contributed by atoms with Crippen LogP contribution in [0.15, 0.2) is 30.6 Å². The normalized spacial score (nSPS) is 11.0. The van der Waals surface area contributed by atoms with Gasteiger partial charge in [-0.2, -0.15) is 0 Å². The fraction of sp³-hybridized carbons (Fsp3) is 0.250. The van der Waals surface area contributed by atoms with E-state index in [9.17, 15) is 0 Å². The van der Waals surface area contributed by atoms with Gasteiger partial charge in [0.2, 0.25) is 5.78 Å². The Hall–Kier alpha value is -2.40. The highest BCUT2D eigenvalue weighted by atomic mass is 16.5. The van der Waals surface area contributed by atoms with Crippen molar-refractivity contribution < 1.29 is 4.74 Å². The van der Waals surface area contributed by atoms with Crippen LogP contribution in [0.2, 0.25) is 0 Å². The SMILES string of the molecule is COc1cc(C)c(-c2nc3ncccn3c2CN)cc1C. The van der Waals surface area contributed by atoms with Gasteiger partial charge >= 0.3 is 0 Å². The average molecular weight is 282 g/mol. The molecular weight excluding hydrogens is 264 g/mol. The van der Waals surface area contributed by atoms with Crippen LogP contribution in [-0.2, 0) is 6.54 Å². The minimum Gasteiger partial charge on any atom is -0.496 e. The van der Waals surface area contributed by atoms with Crippen LogP contribution in [0.25, 0.3) is 17.0 Å². The number of nitrogens with zero attached hydrogens (tertiary/aromatic N) is 3. The molecule has 1 aromatic carbocycles. The lowest BCUT2D eigenvalue weighted by atomic mass is 10.0. The predicted molar refractivity (Wildman–Crippen MR) is 82.3 cm³/mol. The number of hydrogen-bond acceptors (Lipinski definition) is 4. The van der Waals surface area contributed by atoms with Crippen LogP contribution in [0, 0.1) is 13.8 Å². The summed E-state index contributed by atoms with van der Waals surface area (Å²) in [5.41, 5.74) is 11.0. The molecule has 2 aromatic heterocycles. The van der Waals surface area contributed by atoms with E-state index in [1.165, 1.54) is 0 Å². The standard InChI is InChI=1S/C16H18N4O/c1-10-8-14(21-3)11(2)7-12(10)15-13(9-17)20-6-4-5-18-16(20)19-15/h4-8H,9,17H2,1-3H3. The van der Waals surface area contributed by atoms with E-state index < -0.39 is 0 Å². The number of benzene rings is 1. The molecule has 0 bridgehead atoms. The molecule has 0 atom stereocenters. The summed E-state index contributed by atoms with van der Waals surface area (Å²) in [4.78, 5) is 8.94. The number of hydrogen-bond donors (Lipinski definition) is 1. The van der Waals surface area contributed by atoms with E-state index in [-0.39, 0.29) is 0 Å². The zero-order valence-electron chi connectivity index (χ0n) is 12.4. The lowest BCUT2D eigenvalue weighted by Gasteiger charge is -2.11. The van der Waals surface area contributed by atoms with Gasteiger partial charge in [0.25, 0.3) is 0 Å². The molecule has 0 amide bonds. The molecule has 0 unspecified atom stereocenters. The van der Waals surface area contributed by atoms with Gasteiger partial charge in [0.05, 0.1) is 18.5 Å². The number of aryl methyl sites for hydroxylation is 2. The maximum Gasteiger partial charge on any atom is 0.234 e. The first-order valence-corrected chi connectivity index (χ1v) is 6.83. The molecule has 0 aliphatic carbocycles. The minimum absolute atomic E-state index is 0.409. The van der Waals surface area contributed by atoms with Crippen molar-refractivity contribution in [3.63, 3.8) is 0 Å². The molecule has 0 aliphatic rings. The molecule has 21 heavy (non-hydrogen) atoms. The fourth-order valence-electron chi connectivity index (χ4n) is 2.61. The Labute approximate surface area is 123 Å². The van der Waals surface area contributed by atoms with Crippen molar-refractivity contribution in [2.45, 2.75) is 20.4 Å². The summed E-state index contributed by atoms with van der Waals surface area (Å²) in [6, 6.07) is 6.00. The summed E-state index contributed by atoms with van der Waals surface area (Å²) in [6.07, 6.45) is 3.67. The van der Waals surface area contributed by atoms with Crippen molar-refractivity contribution in [3.8, 4) is 17.0 Å². The molecule has 5 nitrogen and oxygen atoms in total. The molecule has 0 aliphatic heterocycles. The summed E-state index contributed by atoms with van der Waals surface area (Å²) in [5.74, 6) is 1.55. The molecule has 108 valence electrons. The van der Waals surface area contributed by atoms with E-state index >= 15 is 0 Å². The first-order chi connectivity index (χ1) is 10.2. The van der Waals surface area contributed by atoms with Crippen LogP contribution in [0.1, 0.15) is 16.8 Å². The van der Waals surface area contributed by atoms with E-state index in [4.69, 9.17) is 10.5 Å². The Kier molecular flexibility index (Phi) is 3.35. The van der Waals surface area contributed by atoms with E-state index in [2.05, 4.69) is 23.0 Å². The van der Waals surface area contributed by atoms with E-state index in [1.807, 2.05) is 29.7 Å². The van der Waals surface area contributed by atoms with Crippen LogP contribution in [-0.4, -0.2) is 21.5 Å². The molecule has 0 saturated carbocycles. The molecule has 3 aromatic rings. The molecule has 2 N–H and O–H groups in total. The number of ether oxygens (including phenoxy) is 1. The number of methoxy groups -OCH3 is 1. The molecular formula is C16H18N4O. The topological polar surface area (TPSA) is 65.4 Å². The van der Waals surface area contributed by atoms with Gasteiger partial charge in [-0.05, 0) is 43.2 Å². The number of aromatic nitrogens is 3. The Balaban J connectivity index is 2.27. The van der Waals surface area contributed by atoms with Crippen LogP contribution in [0.3, 0.4) is 0 Å². The summed E-state index contributed by atoms with van der Waals surface area (Å²) >= 11 is 0. The van der Waals surface area contributed by atoms with Gasteiger partial charge in [-0.25, -0.2) is 9.97 Å². The maximum atomic E-state index is 5.93. The third kappa shape index (κ3) is 2.15. The second-order valence-electron chi connectivity index (χ2n) is 5.04. The van der Waals surface area contributed by atoms with Crippen LogP contribution >= 0.6 is 0 Å². The lowest BCUT2D eigenvalue weighted by molar-refractivity contribution is 0.411. The highest BCUT2D eigenvalue weighted by molar-refractivity contribution is 5.70. The van der Waals surface area contributed by atoms with Crippen molar-refractivity contribution in [1.29, 1.82) is 0 Å². The second kappa shape index (κ2) is 5.18. The molecule has 0 spiro atoms. The molecule has 2 heterocycles. The van der Waals surface area contributed by atoms with Crippen LogP contribution in [0.4, 0.5) is 0 Å². The first kappa shape index (κ1) is 13.6. The molecule has 0 radical (unpaired) electrons. The molecule has 3 rings (SSSR count). The molecule has 0 saturated heterocycles. The summed E-state index contributed by atoms with van der Waals surface area (Å²) < 4.78 is 7.31. The molecule has 0 fully saturated rings. The van der Waals surface area contributed by atoms with Crippen molar-refractivity contribution >= 4 is 5.78 Å².